The van der Waals surface area contributed by atoms with E-state index >= 15 is 0 Å². The number of likely N-dealkylation sites (N-methyl/N-ethyl adjacent to an activating group) is 1. The van der Waals surface area contributed by atoms with Crippen LogP contribution in [-0.4, -0.2) is 89.8 Å². The highest BCUT2D eigenvalue weighted by Crippen LogP contribution is 2.64. The van der Waals surface area contributed by atoms with E-state index in [4.69, 9.17) is 23.7 Å². The van der Waals surface area contributed by atoms with Crippen LogP contribution < -0.4 is 24.3 Å². The zero-order valence-corrected chi connectivity index (χ0v) is 32.0. The van der Waals surface area contributed by atoms with Crippen molar-refractivity contribution >= 4 is 34.6 Å². The fourth-order valence-electron chi connectivity index (χ4n) is 10.6. The molecule has 55 heavy (non-hydrogen) atoms. The number of esters is 2. The summed E-state index contributed by atoms with van der Waals surface area (Å²) in [6.07, 6.45) is 1.25. The number of aromatic hydroxyl groups is 1. The number of nitriles is 1. The number of ether oxygens (including phenoxy) is 5. The molecule has 1 spiro atoms. The van der Waals surface area contributed by atoms with Gasteiger partial charge >= 0.3 is 11.9 Å². The number of aromatic amines is 1. The molecule has 7 atom stereocenters. The summed E-state index contributed by atoms with van der Waals surface area (Å²) < 4.78 is 30.7. The van der Waals surface area contributed by atoms with Gasteiger partial charge in [-0.05, 0) is 56.5 Å². The molecule has 2 fully saturated rings. The van der Waals surface area contributed by atoms with Crippen molar-refractivity contribution in [2.24, 2.45) is 0 Å². The number of aryl methyl sites for hydroxylation is 1. The Hall–Kier alpha value is -4.94. The largest absolute Gasteiger partial charge is 0.504 e. The number of para-hydroxylation sites is 1. The van der Waals surface area contributed by atoms with Gasteiger partial charge in [0.2, 0.25) is 6.79 Å². The van der Waals surface area contributed by atoms with E-state index < -0.39 is 46.9 Å². The summed E-state index contributed by atoms with van der Waals surface area (Å²) >= 11 is 1.56. The summed E-state index contributed by atoms with van der Waals surface area (Å²) in [5, 5.41) is 27.4. The average molecular weight is 764 g/mol. The maximum atomic E-state index is 14.8. The third kappa shape index (κ3) is 4.58. The van der Waals surface area contributed by atoms with Crippen molar-refractivity contribution in [2.75, 3.05) is 39.9 Å². The van der Waals surface area contributed by atoms with Crippen molar-refractivity contribution < 1.29 is 38.4 Å². The molecule has 3 N–H and O–H groups in total. The Labute approximate surface area is 321 Å². The summed E-state index contributed by atoms with van der Waals surface area (Å²) in [6, 6.07) is 10.3. The van der Waals surface area contributed by atoms with Crippen LogP contribution in [0.5, 0.6) is 28.7 Å². The van der Waals surface area contributed by atoms with E-state index in [9.17, 15) is 20.0 Å². The molecule has 8 heterocycles. The van der Waals surface area contributed by atoms with Crippen LogP contribution in [-0.2, 0) is 32.7 Å². The van der Waals surface area contributed by atoms with Crippen molar-refractivity contribution in [1.29, 1.82) is 5.26 Å². The van der Waals surface area contributed by atoms with Crippen LogP contribution in [0.15, 0.2) is 30.3 Å². The van der Waals surface area contributed by atoms with Gasteiger partial charge < -0.3 is 33.8 Å². The van der Waals surface area contributed by atoms with Gasteiger partial charge in [0.25, 0.3) is 0 Å². The highest BCUT2D eigenvalue weighted by molar-refractivity contribution is 7.99. The summed E-state index contributed by atoms with van der Waals surface area (Å²) in [7, 11) is 3.57. The molecule has 13 nitrogen and oxygen atoms in total. The van der Waals surface area contributed by atoms with Crippen LogP contribution in [0.4, 0.5) is 0 Å². The van der Waals surface area contributed by atoms with Crippen molar-refractivity contribution in [2.45, 2.75) is 74.6 Å². The Kier molecular flexibility index (Phi) is 7.71. The molecule has 2 saturated heterocycles. The number of thioether (sulfide) groups is 1. The zero-order chi connectivity index (χ0) is 38.1. The number of hydrogen-bond donors (Lipinski definition) is 3. The minimum atomic E-state index is -1.24. The van der Waals surface area contributed by atoms with Crippen LogP contribution in [0.25, 0.3) is 10.9 Å². The quantitative estimate of drug-likeness (QED) is 0.190. The molecule has 0 saturated carbocycles. The summed E-state index contributed by atoms with van der Waals surface area (Å²) in [5.74, 6) is 1.15. The number of phenolic OH excluding ortho intramolecular Hbond substituents is 1. The lowest BCUT2D eigenvalue weighted by Crippen LogP contribution is -2.69. The van der Waals surface area contributed by atoms with Crippen LogP contribution in [0, 0.1) is 25.2 Å². The van der Waals surface area contributed by atoms with Crippen LogP contribution >= 0.6 is 11.8 Å². The first-order valence-corrected chi connectivity index (χ1v) is 19.7. The van der Waals surface area contributed by atoms with Gasteiger partial charge in [-0.2, -0.15) is 5.26 Å². The molecule has 4 bridgehead atoms. The topological polar surface area (TPSA) is 159 Å². The minimum absolute atomic E-state index is 0.0356. The number of rotatable bonds is 2. The van der Waals surface area contributed by atoms with Crippen molar-refractivity contribution in [3.8, 4) is 34.8 Å². The third-order valence-corrected chi connectivity index (χ3v) is 14.3. The smallest absolute Gasteiger partial charge is 0.333 e. The Bertz CT molecular complexity index is 2390. The van der Waals surface area contributed by atoms with Crippen molar-refractivity contribution in [1.82, 2.24) is 20.1 Å². The summed E-state index contributed by atoms with van der Waals surface area (Å²) in [4.78, 5) is 35.8. The molecule has 7 aliphatic rings. The number of aromatic nitrogens is 1. The zero-order valence-electron chi connectivity index (χ0n) is 31.1. The lowest BCUT2D eigenvalue weighted by Gasteiger charge is -2.62. The number of carbonyl (C=O) groups is 2. The highest BCUT2D eigenvalue weighted by atomic mass is 32.2. The fraction of sp³-hybridized carbons (Fsp3) is 0.439. The predicted molar refractivity (Wildman–Crippen MR) is 202 cm³/mol. The number of nitrogens with zero attached hydrogens (tertiary/aromatic N) is 3. The molecule has 7 aliphatic heterocycles. The number of hydrogen-bond acceptors (Lipinski definition) is 13. The Morgan fingerprint density at radius 1 is 1.13 bits per heavy atom. The van der Waals surface area contributed by atoms with Gasteiger partial charge in [0.15, 0.2) is 28.5 Å². The molecule has 0 aliphatic carbocycles. The Morgan fingerprint density at radius 3 is 2.71 bits per heavy atom. The first kappa shape index (κ1) is 34.5. The number of nitrogens with one attached hydrogen (secondary N) is 2. The molecule has 1 aromatic heterocycles. The van der Waals surface area contributed by atoms with Gasteiger partial charge in [-0.3, -0.25) is 19.9 Å². The number of piperazine rings is 1. The maximum absolute atomic E-state index is 14.8. The summed E-state index contributed by atoms with van der Waals surface area (Å²) in [5.41, 5.74) is 6.13. The number of benzene rings is 3. The predicted octanol–water partition coefficient (Wildman–Crippen LogP) is 4.75. The Morgan fingerprint density at radius 2 is 1.93 bits per heavy atom. The second-order valence-electron chi connectivity index (χ2n) is 15.4. The van der Waals surface area contributed by atoms with Crippen LogP contribution in [0.1, 0.15) is 68.9 Å². The SMILES string of the molecule is COc1c(C)cc2c(c1O)[C@@H]1[C@@H]3[C@@H]4SC[C@]5(NCCc6c5[nH]c5ccccc65)C(=O)OC[C@@H](c5c6c(c(C)c(OC(C)=O)c54)OCO6)N3[C@@H](C#N)[C@@H](C2)N1C. The van der Waals surface area contributed by atoms with E-state index in [2.05, 4.69) is 38.3 Å². The minimum Gasteiger partial charge on any atom is -0.504 e. The van der Waals surface area contributed by atoms with Gasteiger partial charge in [0, 0.05) is 64.5 Å². The standard InChI is InChI=1S/C41H41N5O8S/c1-18-12-21-13-25-26(14-42)46-27-15-51-40(49)41(39-23(10-11-43-41)22-8-6-7-9-24(22)44-39)16-55-38(32(46)31(45(25)4)28(21)33(48)34(18)50-5)30-29(27)37-36(52-17-53-37)19(2)35(30)54-20(3)47/h6-9,12,25-27,31-32,38,43-44,48H,10-11,13,15-17H2,1-5H3/t25-,26+,27+,31-,32-,38-,41-/m1/s1. The lowest BCUT2D eigenvalue weighted by molar-refractivity contribution is -0.157. The van der Waals surface area contributed by atoms with E-state index in [-0.39, 0.29) is 30.9 Å². The van der Waals surface area contributed by atoms with Gasteiger partial charge in [0.05, 0.1) is 36.2 Å². The molecule has 3 aromatic carbocycles. The molecule has 0 radical (unpaired) electrons. The normalized spacial score (nSPS) is 29.1. The number of H-pyrrole nitrogens is 1. The number of fused-ring (bicyclic) bond motifs is 11. The van der Waals surface area contributed by atoms with E-state index in [1.807, 2.05) is 39.1 Å². The number of phenols is 1. The molecular formula is C41H41N5O8S. The van der Waals surface area contributed by atoms with E-state index in [0.717, 1.165) is 50.8 Å². The molecule has 11 rings (SSSR count). The molecule has 4 aromatic rings. The Balaban J connectivity index is 1.25. The second kappa shape index (κ2) is 12.3. The van der Waals surface area contributed by atoms with E-state index in [1.54, 1.807) is 18.9 Å². The van der Waals surface area contributed by atoms with E-state index in [1.165, 1.54) is 6.92 Å². The van der Waals surface area contributed by atoms with Crippen molar-refractivity contribution in [3.05, 3.63) is 75.0 Å². The highest BCUT2D eigenvalue weighted by Gasteiger charge is 2.62. The average Bonchev–Trinajstić information content (AvgIpc) is 3.81. The third-order valence-electron chi connectivity index (χ3n) is 12.8. The monoisotopic (exact) mass is 763 g/mol. The van der Waals surface area contributed by atoms with Crippen molar-refractivity contribution in [3.63, 3.8) is 0 Å². The molecule has 0 amide bonds. The van der Waals surface area contributed by atoms with Crippen LogP contribution in [0.3, 0.4) is 0 Å². The first-order valence-electron chi connectivity index (χ1n) is 18.7. The van der Waals surface area contributed by atoms with Gasteiger partial charge in [-0.15, -0.1) is 11.8 Å². The van der Waals surface area contributed by atoms with Gasteiger partial charge in [-0.25, -0.2) is 4.79 Å². The maximum Gasteiger partial charge on any atom is 0.333 e. The van der Waals surface area contributed by atoms with Gasteiger partial charge in [-0.1, -0.05) is 24.3 Å². The number of carbonyl (C=O) groups excluding carboxylic acids is 2. The summed E-state index contributed by atoms with van der Waals surface area (Å²) in [6.45, 7) is 5.56. The second-order valence-corrected chi connectivity index (χ2v) is 16.6. The number of methoxy groups -OCH3 is 1. The molecule has 284 valence electrons. The molecule has 14 heteroatoms. The fourth-order valence-corrected chi connectivity index (χ4v) is 12.3. The van der Waals surface area contributed by atoms with E-state index in [0.29, 0.717) is 47.1 Å². The van der Waals surface area contributed by atoms with Gasteiger partial charge in [0.1, 0.15) is 18.4 Å². The first-order chi connectivity index (χ1) is 26.6. The lowest BCUT2D eigenvalue weighted by atomic mass is 9.71. The van der Waals surface area contributed by atoms with Crippen LogP contribution in [0.2, 0.25) is 0 Å². The molecular weight excluding hydrogens is 723 g/mol. The molecule has 0 unspecified atom stereocenters.